The number of aryl methyl sites for hydroxylation is 2. The lowest BCUT2D eigenvalue weighted by atomic mass is 9.94. The van der Waals surface area contributed by atoms with Crippen molar-refractivity contribution in [2.45, 2.75) is 45.7 Å². The van der Waals surface area contributed by atoms with Crippen molar-refractivity contribution in [3.8, 4) is 6.07 Å². The summed E-state index contributed by atoms with van der Waals surface area (Å²) in [7, 11) is 0. The Kier molecular flexibility index (Phi) is 3.82. The molecule has 0 radical (unpaired) electrons. The number of piperazine rings is 1. The molecular weight excluding hydrogens is 234 g/mol. The lowest BCUT2D eigenvalue weighted by Gasteiger charge is -2.48. The summed E-state index contributed by atoms with van der Waals surface area (Å²) in [5.74, 6) is 0. The van der Waals surface area contributed by atoms with E-state index in [9.17, 15) is 0 Å². The van der Waals surface area contributed by atoms with Crippen molar-refractivity contribution < 1.29 is 0 Å². The van der Waals surface area contributed by atoms with E-state index in [-0.39, 0.29) is 11.6 Å². The van der Waals surface area contributed by atoms with Crippen molar-refractivity contribution in [1.29, 1.82) is 5.26 Å². The fraction of sp³-hybridized carbons (Fsp3) is 0.562. The van der Waals surface area contributed by atoms with Crippen LogP contribution in [-0.4, -0.2) is 24.7 Å². The maximum absolute atomic E-state index is 8.89. The van der Waals surface area contributed by atoms with Gasteiger partial charge in [-0.1, -0.05) is 17.7 Å². The third-order valence-corrected chi connectivity index (χ3v) is 3.94. The van der Waals surface area contributed by atoms with Crippen LogP contribution in [0.25, 0.3) is 0 Å². The van der Waals surface area contributed by atoms with E-state index in [0.717, 1.165) is 13.1 Å². The molecule has 0 saturated carbocycles. The molecule has 1 saturated heterocycles. The Morgan fingerprint density at radius 1 is 1.42 bits per heavy atom. The first-order valence-corrected chi connectivity index (χ1v) is 6.89. The summed E-state index contributed by atoms with van der Waals surface area (Å²) in [4.78, 5) is 2.44. The summed E-state index contributed by atoms with van der Waals surface area (Å²) in [6, 6.07) is 9.14. The Morgan fingerprint density at radius 2 is 2.16 bits per heavy atom. The molecule has 1 aromatic rings. The van der Waals surface area contributed by atoms with Gasteiger partial charge in [0.1, 0.15) is 0 Å². The Hall–Kier alpha value is -1.53. The van der Waals surface area contributed by atoms with Gasteiger partial charge in [0.2, 0.25) is 0 Å². The third-order valence-electron chi connectivity index (χ3n) is 3.94. The monoisotopic (exact) mass is 257 g/mol. The standard InChI is InChI=1S/C16H23N3/c1-12-5-6-15(13(2)9-12)19-10-14(7-8-17)18-11-16(19,3)4/h5-6,9,14,18H,7,10-11H2,1-4H3. The van der Waals surface area contributed by atoms with Gasteiger partial charge in [-0.05, 0) is 39.3 Å². The Bertz CT molecular complexity index is 499. The minimum absolute atomic E-state index is 0.0754. The highest BCUT2D eigenvalue weighted by Gasteiger charge is 2.34. The number of hydrogen-bond acceptors (Lipinski definition) is 3. The lowest BCUT2D eigenvalue weighted by Crippen LogP contribution is -2.62. The maximum atomic E-state index is 8.89. The zero-order chi connectivity index (χ0) is 14.0. The molecule has 1 heterocycles. The zero-order valence-corrected chi connectivity index (χ0v) is 12.3. The Labute approximate surface area is 116 Å². The van der Waals surface area contributed by atoms with E-state index < -0.39 is 0 Å². The predicted molar refractivity (Wildman–Crippen MR) is 79.4 cm³/mol. The van der Waals surface area contributed by atoms with Crippen molar-refractivity contribution in [1.82, 2.24) is 5.32 Å². The van der Waals surface area contributed by atoms with Crippen molar-refractivity contribution in [2.75, 3.05) is 18.0 Å². The van der Waals surface area contributed by atoms with Crippen molar-refractivity contribution in [3.63, 3.8) is 0 Å². The van der Waals surface area contributed by atoms with Gasteiger partial charge in [0, 0.05) is 30.4 Å². The maximum Gasteiger partial charge on any atom is 0.0638 e. The van der Waals surface area contributed by atoms with Crippen LogP contribution >= 0.6 is 0 Å². The summed E-state index contributed by atoms with van der Waals surface area (Å²) in [5, 5.41) is 12.4. The molecule has 0 aromatic heterocycles. The molecule has 102 valence electrons. The molecule has 19 heavy (non-hydrogen) atoms. The molecule has 0 aliphatic carbocycles. The van der Waals surface area contributed by atoms with Crippen LogP contribution < -0.4 is 10.2 Å². The van der Waals surface area contributed by atoms with Gasteiger partial charge >= 0.3 is 0 Å². The SMILES string of the molecule is Cc1ccc(N2CC(CC#N)NCC2(C)C)c(C)c1. The molecule has 1 fully saturated rings. The minimum Gasteiger partial charge on any atom is -0.363 e. The van der Waals surface area contributed by atoms with Gasteiger partial charge in [-0.2, -0.15) is 5.26 Å². The number of hydrogen-bond donors (Lipinski definition) is 1. The average Bonchev–Trinajstić information content (AvgIpc) is 2.32. The van der Waals surface area contributed by atoms with Crippen LogP contribution in [0.4, 0.5) is 5.69 Å². The molecule has 1 aliphatic rings. The van der Waals surface area contributed by atoms with Gasteiger partial charge in [-0.3, -0.25) is 0 Å². The number of nitrogens with zero attached hydrogens (tertiary/aromatic N) is 2. The molecule has 2 rings (SSSR count). The zero-order valence-electron chi connectivity index (χ0n) is 12.3. The van der Waals surface area contributed by atoms with Crippen LogP contribution in [0, 0.1) is 25.2 Å². The molecule has 0 amide bonds. The van der Waals surface area contributed by atoms with Crippen molar-refractivity contribution >= 4 is 5.69 Å². The summed E-state index contributed by atoms with van der Waals surface area (Å²) in [5.41, 5.74) is 3.97. The molecule has 1 N–H and O–H groups in total. The highest BCUT2D eigenvalue weighted by molar-refractivity contribution is 5.57. The van der Waals surface area contributed by atoms with Gasteiger partial charge in [0.15, 0.2) is 0 Å². The van der Waals surface area contributed by atoms with Crippen LogP contribution in [0.5, 0.6) is 0 Å². The van der Waals surface area contributed by atoms with Crippen molar-refractivity contribution in [3.05, 3.63) is 29.3 Å². The molecule has 3 nitrogen and oxygen atoms in total. The first-order valence-electron chi connectivity index (χ1n) is 6.89. The van der Waals surface area contributed by atoms with Gasteiger partial charge in [0.05, 0.1) is 12.5 Å². The van der Waals surface area contributed by atoms with Crippen LogP contribution in [-0.2, 0) is 0 Å². The number of anilines is 1. The molecule has 1 unspecified atom stereocenters. The quantitative estimate of drug-likeness (QED) is 0.885. The second kappa shape index (κ2) is 5.22. The van der Waals surface area contributed by atoms with Crippen LogP contribution in [0.1, 0.15) is 31.4 Å². The smallest absolute Gasteiger partial charge is 0.0638 e. The van der Waals surface area contributed by atoms with E-state index in [4.69, 9.17) is 5.26 Å². The Morgan fingerprint density at radius 3 is 2.79 bits per heavy atom. The van der Waals surface area contributed by atoms with Gasteiger partial charge in [0.25, 0.3) is 0 Å². The summed E-state index contributed by atoms with van der Waals surface area (Å²) >= 11 is 0. The van der Waals surface area contributed by atoms with Gasteiger partial charge < -0.3 is 10.2 Å². The van der Waals surface area contributed by atoms with Crippen LogP contribution in [0.15, 0.2) is 18.2 Å². The van der Waals surface area contributed by atoms with Gasteiger partial charge in [-0.15, -0.1) is 0 Å². The molecule has 1 aromatic carbocycles. The first kappa shape index (κ1) is 13.9. The number of nitriles is 1. The highest BCUT2D eigenvalue weighted by Crippen LogP contribution is 2.30. The number of benzene rings is 1. The fourth-order valence-electron chi connectivity index (χ4n) is 2.80. The average molecular weight is 257 g/mol. The van der Waals surface area contributed by atoms with Crippen LogP contribution in [0.2, 0.25) is 0 Å². The molecule has 0 spiro atoms. The van der Waals surface area contributed by atoms with E-state index in [1.807, 2.05) is 0 Å². The second-order valence-electron chi connectivity index (χ2n) is 6.15. The van der Waals surface area contributed by atoms with E-state index in [1.54, 1.807) is 0 Å². The molecule has 1 aliphatic heterocycles. The predicted octanol–water partition coefficient (Wildman–Crippen LogP) is 2.77. The van der Waals surface area contributed by atoms with E-state index in [2.05, 4.69) is 62.2 Å². The summed E-state index contributed by atoms with van der Waals surface area (Å²) in [6.45, 7) is 10.6. The highest BCUT2D eigenvalue weighted by atomic mass is 15.3. The van der Waals surface area contributed by atoms with E-state index in [0.29, 0.717) is 6.42 Å². The molecular formula is C16H23N3. The molecule has 0 bridgehead atoms. The van der Waals surface area contributed by atoms with E-state index in [1.165, 1.54) is 16.8 Å². The normalized spacial score (nSPS) is 22.1. The number of nitrogens with one attached hydrogen (secondary N) is 1. The summed E-state index contributed by atoms with van der Waals surface area (Å²) < 4.78 is 0. The fourth-order valence-corrected chi connectivity index (χ4v) is 2.80. The lowest BCUT2D eigenvalue weighted by molar-refractivity contribution is 0.324. The molecule has 3 heteroatoms. The first-order chi connectivity index (χ1) is 8.94. The Balaban J connectivity index is 2.31. The third kappa shape index (κ3) is 2.90. The van der Waals surface area contributed by atoms with Crippen LogP contribution in [0.3, 0.4) is 0 Å². The van der Waals surface area contributed by atoms with Gasteiger partial charge in [-0.25, -0.2) is 0 Å². The number of rotatable bonds is 2. The van der Waals surface area contributed by atoms with Crippen molar-refractivity contribution in [2.24, 2.45) is 0 Å². The molecule has 1 atom stereocenters. The van der Waals surface area contributed by atoms with E-state index >= 15 is 0 Å². The topological polar surface area (TPSA) is 39.1 Å². The largest absolute Gasteiger partial charge is 0.363 e. The summed E-state index contributed by atoms with van der Waals surface area (Å²) in [6.07, 6.45) is 0.567. The second-order valence-corrected chi connectivity index (χ2v) is 6.15. The minimum atomic E-state index is 0.0754.